The van der Waals surface area contributed by atoms with Gasteiger partial charge in [-0.3, -0.25) is 4.98 Å². The summed E-state index contributed by atoms with van der Waals surface area (Å²) >= 11 is 9.37. The summed E-state index contributed by atoms with van der Waals surface area (Å²) in [6, 6.07) is 19.5. The highest BCUT2D eigenvalue weighted by molar-refractivity contribution is 9.10. The smallest absolute Gasteiger partial charge is 0.174 e. The second-order valence-corrected chi connectivity index (χ2v) is 9.05. The van der Waals surface area contributed by atoms with Crippen LogP contribution in [0.15, 0.2) is 71.5 Å². The van der Waals surface area contributed by atoms with Crippen LogP contribution in [0, 0.1) is 0 Å². The normalized spacial score (nSPS) is 22.2. The highest BCUT2D eigenvalue weighted by atomic mass is 79.9. The van der Waals surface area contributed by atoms with Crippen LogP contribution >= 0.6 is 28.1 Å². The number of pyridine rings is 1. The van der Waals surface area contributed by atoms with Crippen molar-refractivity contribution in [2.45, 2.75) is 43.8 Å². The van der Waals surface area contributed by atoms with Gasteiger partial charge in [-0.15, -0.1) is 0 Å². The zero-order valence-electron chi connectivity index (χ0n) is 16.0. The van der Waals surface area contributed by atoms with Crippen LogP contribution in [0.5, 0.6) is 0 Å². The predicted octanol–water partition coefficient (Wildman–Crippen LogP) is 5.94. The topological polar surface area (TPSA) is 33.1 Å². The van der Waals surface area contributed by atoms with Gasteiger partial charge in [0.1, 0.15) is 6.04 Å². The highest BCUT2D eigenvalue weighted by Crippen LogP contribution is 2.43. The Morgan fingerprint density at radius 1 is 1.00 bits per heavy atom. The quantitative estimate of drug-likeness (QED) is 0.482. The van der Waals surface area contributed by atoms with Crippen LogP contribution in [-0.2, 0) is 0 Å². The van der Waals surface area contributed by atoms with Crippen LogP contribution in [0.4, 0.5) is 5.69 Å². The summed E-state index contributed by atoms with van der Waals surface area (Å²) < 4.78 is 3.54. The van der Waals surface area contributed by atoms with Crippen molar-refractivity contribution < 1.29 is 0 Å². The third-order valence-corrected chi connectivity index (χ3v) is 6.88. The first kappa shape index (κ1) is 18.8. The minimum absolute atomic E-state index is 0.00222. The number of halogens is 1. The number of benzene rings is 1. The zero-order valence-corrected chi connectivity index (χ0v) is 18.4. The van der Waals surface area contributed by atoms with E-state index in [1.807, 2.05) is 18.3 Å². The molecule has 0 bridgehead atoms. The van der Waals surface area contributed by atoms with Gasteiger partial charge in [0.15, 0.2) is 5.11 Å². The highest BCUT2D eigenvalue weighted by Gasteiger charge is 2.42. The molecule has 1 aliphatic carbocycles. The Hall–Kier alpha value is -2.18. The lowest BCUT2D eigenvalue weighted by Gasteiger charge is -2.30. The van der Waals surface area contributed by atoms with Gasteiger partial charge in [-0.2, -0.15) is 0 Å². The van der Waals surface area contributed by atoms with Crippen LogP contribution in [0.25, 0.3) is 0 Å². The van der Waals surface area contributed by atoms with Crippen molar-refractivity contribution in [2.75, 3.05) is 4.90 Å². The number of rotatable bonds is 4. The molecule has 0 amide bonds. The fraction of sp³-hybridized carbons (Fsp3) is 0.304. The number of hydrogen-bond donors (Lipinski definition) is 1. The van der Waals surface area contributed by atoms with E-state index in [9.17, 15) is 0 Å². The fourth-order valence-corrected chi connectivity index (χ4v) is 5.32. The summed E-state index contributed by atoms with van der Waals surface area (Å²) in [6.07, 6.45) is 9.21. The Balaban J connectivity index is 1.62. The summed E-state index contributed by atoms with van der Waals surface area (Å²) in [5, 5.41) is 4.30. The fourth-order valence-electron chi connectivity index (χ4n) is 4.71. The van der Waals surface area contributed by atoms with Gasteiger partial charge in [-0.05, 0) is 73.6 Å². The second kappa shape index (κ2) is 7.92. The maximum atomic E-state index is 5.83. The maximum absolute atomic E-state index is 5.83. The minimum atomic E-state index is 0.00222. The average molecular weight is 467 g/mol. The Kier molecular flexibility index (Phi) is 5.14. The molecular formula is C23H23BrN4S. The van der Waals surface area contributed by atoms with Crippen LogP contribution in [0.2, 0.25) is 0 Å². The molecule has 29 heavy (non-hydrogen) atoms. The lowest BCUT2D eigenvalue weighted by atomic mass is 10.0. The van der Waals surface area contributed by atoms with E-state index in [1.54, 1.807) is 0 Å². The summed E-state index contributed by atoms with van der Waals surface area (Å²) in [6.45, 7) is 0. The van der Waals surface area contributed by atoms with Crippen molar-refractivity contribution in [1.29, 1.82) is 0 Å². The molecule has 0 unspecified atom stereocenters. The Bertz CT molecular complexity index is 995. The predicted molar refractivity (Wildman–Crippen MR) is 124 cm³/mol. The molecule has 1 aromatic carbocycles. The molecule has 1 saturated heterocycles. The van der Waals surface area contributed by atoms with Gasteiger partial charge in [0.25, 0.3) is 0 Å². The lowest BCUT2D eigenvalue weighted by Crippen LogP contribution is -2.30. The van der Waals surface area contributed by atoms with E-state index in [1.165, 1.54) is 31.4 Å². The maximum Gasteiger partial charge on any atom is 0.174 e. The number of anilines is 1. The average Bonchev–Trinajstić information content (AvgIpc) is 3.48. The molecule has 6 heteroatoms. The van der Waals surface area contributed by atoms with E-state index >= 15 is 0 Å². The molecule has 148 valence electrons. The molecule has 2 atom stereocenters. The number of aromatic nitrogens is 2. The van der Waals surface area contributed by atoms with Crippen LogP contribution in [0.1, 0.15) is 55.2 Å². The summed E-state index contributed by atoms with van der Waals surface area (Å²) in [5.74, 6) is 0. The molecule has 1 aliphatic heterocycles. The molecular weight excluding hydrogens is 444 g/mol. The Labute approximate surface area is 185 Å². The van der Waals surface area contributed by atoms with Gasteiger partial charge in [0.05, 0.1) is 11.7 Å². The number of thiocarbonyl (C=S) groups is 1. The molecule has 0 spiro atoms. The van der Waals surface area contributed by atoms with Crippen molar-refractivity contribution in [2.24, 2.45) is 0 Å². The van der Waals surface area contributed by atoms with Gasteiger partial charge in [-0.25, -0.2) is 0 Å². The molecule has 1 N–H and O–H groups in total. The van der Waals surface area contributed by atoms with Gasteiger partial charge >= 0.3 is 0 Å². The van der Waals surface area contributed by atoms with Crippen LogP contribution < -0.4 is 10.2 Å². The van der Waals surface area contributed by atoms with Gasteiger partial charge in [0, 0.05) is 34.3 Å². The van der Waals surface area contributed by atoms with E-state index < -0.39 is 0 Å². The molecule has 2 aliphatic rings. The van der Waals surface area contributed by atoms with Crippen LogP contribution in [0.3, 0.4) is 0 Å². The molecule has 2 aromatic heterocycles. The standard InChI is InChI=1S/C23H23BrN4S/c24-16-10-12-18(13-11-16)28-22(20-9-5-15-27(20)17-6-1-2-7-17)21(26-23(28)29)19-8-3-4-14-25-19/h3-5,8-15,17,21-22H,1-2,6-7H2,(H,26,29)/t21-,22+/m1/s1. The lowest BCUT2D eigenvalue weighted by molar-refractivity contribution is 0.461. The molecule has 4 nitrogen and oxygen atoms in total. The van der Waals surface area contributed by atoms with E-state index in [4.69, 9.17) is 12.2 Å². The van der Waals surface area contributed by atoms with E-state index in [2.05, 4.69) is 84.4 Å². The zero-order chi connectivity index (χ0) is 19.8. The monoisotopic (exact) mass is 466 g/mol. The summed E-state index contributed by atoms with van der Waals surface area (Å²) in [5.41, 5.74) is 3.40. The third-order valence-electron chi connectivity index (χ3n) is 6.04. The van der Waals surface area contributed by atoms with Crippen molar-refractivity contribution in [3.63, 3.8) is 0 Å². The van der Waals surface area contributed by atoms with E-state index in [0.29, 0.717) is 6.04 Å². The van der Waals surface area contributed by atoms with Gasteiger partial charge in [0.2, 0.25) is 0 Å². The Morgan fingerprint density at radius 2 is 1.79 bits per heavy atom. The molecule has 3 heterocycles. The molecule has 2 fully saturated rings. The molecule has 1 saturated carbocycles. The van der Waals surface area contributed by atoms with Crippen molar-refractivity contribution in [3.8, 4) is 0 Å². The van der Waals surface area contributed by atoms with E-state index in [0.717, 1.165) is 21.0 Å². The first-order chi connectivity index (χ1) is 14.2. The van der Waals surface area contributed by atoms with Crippen LogP contribution in [-0.4, -0.2) is 14.7 Å². The number of nitrogens with zero attached hydrogens (tertiary/aromatic N) is 3. The number of hydrogen-bond acceptors (Lipinski definition) is 2. The van der Waals surface area contributed by atoms with E-state index in [-0.39, 0.29) is 12.1 Å². The third kappa shape index (κ3) is 3.49. The first-order valence-corrected chi connectivity index (χ1v) is 11.4. The Morgan fingerprint density at radius 3 is 2.52 bits per heavy atom. The van der Waals surface area contributed by atoms with Gasteiger partial charge < -0.3 is 14.8 Å². The van der Waals surface area contributed by atoms with Crippen molar-refractivity contribution in [3.05, 3.63) is 82.9 Å². The molecule has 5 rings (SSSR count). The largest absolute Gasteiger partial charge is 0.351 e. The first-order valence-electron chi connectivity index (χ1n) is 10.2. The molecule has 3 aromatic rings. The summed E-state index contributed by atoms with van der Waals surface area (Å²) in [4.78, 5) is 6.91. The van der Waals surface area contributed by atoms with Gasteiger partial charge in [-0.1, -0.05) is 34.8 Å². The van der Waals surface area contributed by atoms with Crippen molar-refractivity contribution >= 4 is 38.9 Å². The summed E-state index contributed by atoms with van der Waals surface area (Å²) in [7, 11) is 0. The van der Waals surface area contributed by atoms with Crippen molar-refractivity contribution in [1.82, 2.24) is 14.9 Å². The minimum Gasteiger partial charge on any atom is -0.351 e. The number of nitrogens with one attached hydrogen (secondary N) is 1. The second-order valence-electron chi connectivity index (χ2n) is 7.75. The SMILES string of the molecule is S=C1N[C@H](c2ccccn2)[C@H](c2cccn2C2CCCC2)N1c1ccc(Br)cc1. The molecule has 0 radical (unpaired) electrons.